The van der Waals surface area contributed by atoms with E-state index in [9.17, 15) is 4.39 Å². The molecule has 0 unspecified atom stereocenters. The van der Waals surface area contributed by atoms with Crippen LogP contribution in [0.1, 0.15) is 20.3 Å². The first kappa shape index (κ1) is 16.8. The molecule has 0 bridgehead atoms. The van der Waals surface area contributed by atoms with Crippen LogP contribution in [0.2, 0.25) is 0 Å². The Hall–Kier alpha value is -3.02. The van der Waals surface area contributed by atoms with Crippen molar-refractivity contribution >= 4 is 17.5 Å². The first-order chi connectivity index (χ1) is 12.1. The summed E-state index contributed by atoms with van der Waals surface area (Å²) in [6.45, 7) is 4.17. The van der Waals surface area contributed by atoms with Gasteiger partial charge < -0.3 is 10.6 Å². The number of hydrogen-bond acceptors (Lipinski definition) is 5. The Morgan fingerprint density at radius 1 is 1.04 bits per heavy atom. The monoisotopic (exact) mass is 337 g/mol. The summed E-state index contributed by atoms with van der Waals surface area (Å²) >= 11 is 0. The minimum atomic E-state index is -0.276. The van der Waals surface area contributed by atoms with E-state index in [1.807, 2.05) is 24.3 Å². The number of nitrogens with one attached hydrogen (secondary N) is 2. The molecule has 0 saturated carbocycles. The third-order valence-electron chi connectivity index (χ3n) is 3.76. The van der Waals surface area contributed by atoms with Crippen molar-refractivity contribution in [3.8, 4) is 11.4 Å². The maximum absolute atomic E-state index is 13.1. The highest BCUT2D eigenvalue weighted by Gasteiger charge is 2.10. The highest BCUT2D eigenvalue weighted by atomic mass is 19.1. The van der Waals surface area contributed by atoms with E-state index in [4.69, 9.17) is 0 Å². The lowest BCUT2D eigenvalue weighted by molar-refractivity contribution is 0.628. The normalized spacial score (nSPS) is 11.8. The van der Waals surface area contributed by atoms with E-state index in [-0.39, 0.29) is 11.9 Å². The lowest BCUT2D eigenvalue weighted by Crippen LogP contribution is -2.16. The first-order valence-electron chi connectivity index (χ1n) is 8.23. The molecule has 0 radical (unpaired) electrons. The molecule has 0 amide bonds. The van der Waals surface area contributed by atoms with Crippen molar-refractivity contribution in [2.75, 3.05) is 10.6 Å². The zero-order valence-corrected chi connectivity index (χ0v) is 14.2. The fourth-order valence-corrected chi connectivity index (χ4v) is 2.22. The molecule has 1 atom stereocenters. The van der Waals surface area contributed by atoms with Gasteiger partial charge in [0, 0.05) is 24.0 Å². The maximum Gasteiger partial charge on any atom is 0.225 e. The summed E-state index contributed by atoms with van der Waals surface area (Å²) < 4.78 is 13.1. The number of rotatable bonds is 6. The van der Waals surface area contributed by atoms with Gasteiger partial charge in [-0.15, -0.1) is 0 Å². The zero-order valence-electron chi connectivity index (χ0n) is 14.2. The standard InChI is InChI=1S/C19H20FN5/c1-3-13(2)22-19-24-17(16-6-4-5-11-21-16)12-18(25-19)23-15-9-7-14(20)8-10-15/h4-13H,3H2,1-2H3,(H2,22,23,24,25)/t13-/m0/s1. The minimum Gasteiger partial charge on any atom is -0.352 e. The van der Waals surface area contributed by atoms with Gasteiger partial charge >= 0.3 is 0 Å². The van der Waals surface area contributed by atoms with Gasteiger partial charge in [0.15, 0.2) is 0 Å². The number of anilines is 3. The van der Waals surface area contributed by atoms with Crippen LogP contribution in [0.3, 0.4) is 0 Å². The van der Waals surface area contributed by atoms with Gasteiger partial charge in [-0.1, -0.05) is 13.0 Å². The van der Waals surface area contributed by atoms with E-state index in [0.717, 1.165) is 17.8 Å². The van der Waals surface area contributed by atoms with E-state index < -0.39 is 0 Å². The van der Waals surface area contributed by atoms with Crippen LogP contribution < -0.4 is 10.6 Å². The van der Waals surface area contributed by atoms with Crippen LogP contribution in [0.5, 0.6) is 0 Å². The molecule has 5 nitrogen and oxygen atoms in total. The molecule has 128 valence electrons. The van der Waals surface area contributed by atoms with E-state index in [0.29, 0.717) is 17.5 Å². The second kappa shape index (κ2) is 7.70. The average Bonchev–Trinajstić information content (AvgIpc) is 2.64. The molecule has 6 heteroatoms. The summed E-state index contributed by atoms with van der Waals surface area (Å²) in [4.78, 5) is 13.4. The minimum absolute atomic E-state index is 0.248. The summed E-state index contributed by atoms with van der Waals surface area (Å²) in [5.74, 6) is 0.872. The summed E-state index contributed by atoms with van der Waals surface area (Å²) in [5, 5.41) is 6.47. The van der Waals surface area contributed by atoms with Gasteiger partial charge in [-0.25, -0.2) is 9.37 Å². The van der Waals surface area contributed by atoms with Crippen molar-refractivity contribution in [2.45, 2.75) is 26.3 Å². The van der Waals surface area contributed by atoms with Crippen molar-refractivity contribution in [2.24, 2.45) is 0 Å². The molecule has 1 aromatic carbocycles. The number of benzene rings is 1. The van der Waals surface area contributed by atoms with Crippen molar-refractivity contribution in [3.05, 3.63) is 60.5 Å². The van der Waals surface area contributed by atoms with Crippen molar-refractivity contribution < 1.29 is 4.39 Å². The van der Waals surface area contributed by atoms with Gasteiger partial charge in [0.2, 0.25) is 5.95 Å². The molecular formula is C19H20FN5. The van der Waals surface area contributed by atoms with Gasteiger partial charge in [0.1, 0.15) is 11.6 Å². The SMILES string of the molecule is CC[C@H](C)Nc1nc(Nc2ccc(F)cc2)cc(-c2ccccn2)n1. The number of hydrogen-bond donors (Lipinski definition) is 2. The molecule has 0 aliphatic rings. The smallest absolute Gasteiger partial charge is 0.225 e. The molecule has 3 aromatic rings. The Labute approximate surface area is 146 Å². The molecule has 2 aromatic heterocycles. The van der Waals surface area contributed by atoms with Crippen molar-refractivity contribution in [3.63, 3.8) is 0 Å². The van der Waals surface area contributed by atoms with Crippen LogP contribution in [-0.2, 0) is 0 Å². The van der Waals surface area contributed by atoms with E-state index in [1.54, 1.807) is 18.3 Å². The second-order valence-electron chi connectivity index (χ2n) is 5.76. The highest BCUT2D eigenvalue weighted by molar-refractivity contribution is 5.65. The summed E-state index contributed by atoms with van der Waals surface area (Å²) in [5.41, 5.74) is 2.23. The molecule has 25 heavy (non-hydrogen) atoms. The molecular weight excluding hydrogens is 317 g/mol. The van der Waals surface area contributed by atoms with Crippen LogP contribution >= 0.6 is 0 Å². The van der Waals surface area contributed by atoms with E-state index in [1.165, 1.54) is 12.1 Å². The number of pyridine rings is 1. The van der Waals surface area contributed by atoms with Gasteiger partial charge in [-0.3, -0.25) is 4.98 Å². The Balaban J connectivity index is 1.95. The lowest BCUT2D eigenvalue weighted by Gasteiger charge is -2.14. The molecule has 0 aliphatic carbocycles. The largest absolute Gasteiger partial charge is 0.352 e. The van der Waals surface area contributed by atoms with Gasteiger partial charge in [-0.2, -0.15) is 4.98 Å². The maximum atomic E-state index is 13.1. The number of halogens is 1. The molecule has 2 N–H and O–H groups in total. The highest BCUT2D eigenvalue weighted by Crippen LogP contribution is 2.23. The summed E-state index contributed by atoms with van der Waals surface area (Å²) in [6.07, 6.45) is 2.68. The quantitative estimate of drug-likeness (QED) is 0.686. The fraction of sp³-hybridized carbons (Fsp3) is 0.211. The molecule has 0 spiro atoms. The third-order valence-corrected chi connectivity index (χ3v) is 3.76. The van der Waals surface area contributed by atoms with Crippen molar-refractivity contribution in [1.29, 1.82) is 0 Å². The van der Waals surface area contributed by atoms with Gasteiger partial charge in [0.05, 0.1) is 11.4 Å². The Morgan fingerprint density at radius 3 is 2.52 bits per heavy atom. The van der Waals surface area contributed by atoms with Crippen LogP contribution in [0.25, 0.3) is 11.4 Å². The lowest BCUT2D eigenvalue weighted by atomic mass is 10.2. The van der Waals surface area contributed by atoms with Crippen molar-refractivity contribution in [1.82, 2.24) is 15.0 Å². The Morgan fingerprint density at radius 2 is 1.84 bits per heavy atom. The van der Waals surface area contributed by atoms with Gasteiger partial charge in [0.25, 0.3) is 0 Å². The third kappa shape index (κ3) is 4.50. The summed E-state index contributed by atoms with van der Waals surface area (Å²) in [7, 11) is 0. The molecule has 0 fully saturated rings. The van der Waals surface area contributed by atoms with Crippen LogP contribution in [0.4, 0.5) is 21.8 Å². The predicted octanol–water partition coefficient (Wildman–Crippen LogP) is 4.63. The summed E-state index contributed by atoms with van der Waals surface area (Å²) in [6, 6.07) is 13.9. The van der Waals surface area contributed by atoms with Crippen LogP contribution in [-0.4, -0.2) is 21.0 Å². The Kier molecular flexibility index (Phi) is 5.18. The van der Waals surface area contributed by atoms with Gasteiger partial charge in [-0.05, 0) is 49.7 Å². The first-order valence-corrected chi connectivity index (χ1v) is 8.23. The molecule has 0 saturated heterocycles. The van der Waals surface area contributed by atoms with E-state index >= 15 is 0 Å². The molecule has 2 heterocycles. The number of nitrogens with zero attached hydrogens (tertiary/aromatic N) is 3. The van der Waals surface area contributed by atoms with Crippen LogP contribution in [0, 0.1) is 5.82 Å². The van der Waals surface area contributed by atoms with Crippen LogP contribution in [0.15, 0.2) is 54.7 Å². The molecule has 3 rings (SSSR count). The number of aromatic nitrogens is 3. The predicted molar refractivity (Wildman–Crippen MR) is 98.3 cm³/mol. The second-order valence-corrected chi connectivity index (χ2v) is 5.76. The zero-order chi connectivity index (χ0) is 17.6. The average molecular weight is 337 g/mol. The van der Waals surface area contributed by atoms with E-state index in [2.05, 4.69) is 39.4 Å². The fourth-order valence-electron chi connectivity index (χ4n) is 2.22. The molecule has 0 aliphatic heterocycles. The topological polar surface area (TPSA) is 62.7 Å². The Bertz CT molecular complexity index is 821.